The summed E-state index contributed by atoms with van der Waals surface area (Å²) in [6.07, 6.45) is 9.26. The topological polar surface area (TPSA) is 125 Å². The van der Waals surface area contributed by atoms with E-state index in [4.69, 9.17) is 14.6 Å². The minimum absolute atomic E-state index is 0.0932. The van der Waals surface area contributed by atoms with Crippen molar-refractivity contribution >= 4 is 44.4 Å². The van der Waals surface area contributed by atoms with Crippen LogP contribution in [0, 0.1) is 0 Å². The third-order valence-corrected chi connectivity index (χ3v) is 12.8. The number of allylic oxidation sites excluding steroid dienone is 1. The van der Waals surface area contributed by atoms with Crippen molar-refractivity contribution in [2.45, 2.75) is 116 Å². The van der Waals surface area contributed by atoms with Gasteiger partial charge in [0, 0.05) is 35.1 Å². The highest BCUT2D eigenvalue weighted by atomic mass is 32.2. The molecular weight excluding hydrogens is 703 g/mol. The fourth-order valence-electron chi connectivity index (χ4n) is 8.47. The van der Waals surface area contributed by atoms with Crippen LogP contribution < -0.4 is 9.46 Å². The van der Waals surface area contributed by atoms with E-state index >= 15 is 0 Å². The van der Waals surface area contributed by atoms with Crippen molar-refractivity contribution in [2.24, 2.45) is 0 Å². The van der Waals surface area contributed by atoms with Crippen LogP contribution in [0.15, 0.2) is 42.6 Å². The first-order chi connectivity index (χ1) is 25.6. The fraction of sp³-hybridized carbons (Fsp3) is 0.500. The summed E-state index contributed by atoms with van der Waals surface area (Å²) in [5.41, 5.74) is 7.07. The molecule has 2 aromatic heterocycles. The molecule has 0 unspecified atom stereocenters. The van der Waals surface area contributed by atoms with Gasteiger partial charge in [0.1, 0.15) is 5.75 Å². The van der Waals surface area contributed by atoms with Crippen LogP contribution in [0.1, 0.15) is 124 Å². The number of carbonyl (C=O) groups excluding carboxylic acids is 2. The Balaban J connectivity index is 1.48. The highest BCUT2D eigenvalue weighted by molar-refractivity contribution is 7.90. The lowest BCUT2D eigenvalue weighted by molar-refractivity contribution is -0.0586. The first-order valence-electron chi connectivity index (χ1n) is 19.2. The number of sulfonamides is 1. The maximum absolute atomic E-state index is 14.5. The predicted octanol–water partition coefficient (Wildman–Crippen LogP) is 7.59. The zero-order valence-corrected chi connectivity index (χ0v) is 33.5. The smallest absolute Gasteiger partial charge is 0.264 e. The number of ether oxygens (including phenoxy) is 2. The number of hydrogen-bond acceptors (Lipinski definition) is 7. The van der Waals surface area contributed by atoms with Gasteiger partial charge in [0.25, 0.3) is 11.8 Å². The number of nitrogens with zero attached hydrogens (tertiary/aromatic N) is 4. The third-order valence-electron chi connectivity index (χ3n) is 11.1. The summed E-state index contributed by atoms with van der Waals surface area (Å²) in [7, 11) is -2.19. The van der Waals surface area contributed by atoms with Crippen LogP contribution in [0.3, 0.4) is 0 Å². The lowest BCUT2D eigenvalue weighted by Gasteiger charge is -2.35. The quantitative estimate of drug-likeness (QED) is 0.206. The van der Waals surface area contributed by atoms with Crippen LogP contribution in [0.5, 0.6) is 5.75 Å². The first-order valence-corrected chi connectivity index (χ1v) is 20.8. The Hall–Kier alpha value is -4.42. The van der Waals surface area contributed by atoms with E-state index in [2.05, 4.69) is 42.2 Å². The lowest BCUT2D eigenvalue weighted by atomic mass is 9.81. The van der Waals surface area contributed by atoms with Gasteiger partial charge in [0.15, 0.2) is 0 Å². The molecule has 2 amide bonds. The van der Waals surface area contributed by atoms with Crippen LogP contribution in [-0.2, 0) is 26.8 Å². The van der Waals surface area contributed by atoms with Crippen LogP contribution in [0.2, 0.25) is 0 Å². The van der Waals surface area contributed by atoms with E-state index in [0.717, 1.165) is 70.4 Å². The van der Waals surface area contributed by atoms with Gasteiger partial charge in [-0.15, -0.1) is 0 Å². The van der Waals surface area contributed by atoms with Gasteiger partial charge >= 0.3 is 0 Å². The predicted molar refractivity (Wildman–Crippen MR) is 212 cm³/mol. The van der Waals surface area contributed by atoms with Crippen molar-refractivity contribution in [3.63, 3.8) is 0 Å². The Morgan fingerprint density at radius 2 is 1.69 bits per heavy atom. The van der Waals surface area contributed by atoms with Crippen LogP contribution in [0.4, 0.5) is 0 Å². The average molecular weight is 756 g/mol. The van der Waals surface area contributed by atoms with Crippen molar-refractivity contribution < 1.29 is 27.5 Å². The van der Waals surface area contributed by atoms with E-state index in [9.17, 15) is 18.0 Å². The highest BCUT2D eigenvalue weighted by Gasteiger charge is 2.35. The maximum atomic E-state index is 14.5. The van der Waals surface area contributed by atoms with Gasteiger partial charge < -0.3 is 18.9 Å². The van der Waals surface area contributed by atoms with Gasteiger partial charge in [0.05, 0.1) is 59.8 Å². The molecule has 4 aromatic rings. The molecule has 11 nitrogen and oxygen atoms in total. The van der Waals surface area contributed by atoms with Gasteiger partial charge in [-0.2, -0.15) is 5.10 Å². The van der Waals surface area contributed by atoms with Crippen LogP contribution >= 0.6 is 0 Å². The van der Waals surface area contributed by atoms with E-state index < -0.39 is 26.7 Å². The molecule has 7 rings (SSSR count). The second-order valence-electron chi connectivity index (χ2n) is 16.5. The number of amides is 2. The van der Waals surface area contributed by atoms with Gasteiger partial charge in [0.2, 0.25) is 10.0 Å². The van der Waals surface area contributed by atoms with Gasteiger partial charge in [-0.1, -0.05) is 25.3 Å². The molecule has 1 aliphatic carbocycles. The molecule has 0 radical (unpaired) electrons. The van der Waals surface area contributed by atoms with Gasteiger partial charge in [-0.25, -0.2) is 13.1 Å². The molecule has 1 saturated carbocycles. The molecule has 1 N–H and O–H groups in total. The minimum atomic E-state index is -3.85. The Morgan fingerprint density at radius 3 is 2.33 bits per heavy atom. The molecule has 0 bridgehead atoms. The number of hydrogen-bond donors (Lipinski definition) is 1. The molecule has 54 heavy (non-hydrogen) atoms. The number of carbonyl (C=O) groups is 2. The Labute approximate surface area is 318 Å². The number of aromatic nitrogens is 3. The third kappa shape index (κ3) is 6.98. The molecule has 1 saturated heterocycles. The summed E-state index contributed by atoms with van der Waals surface area (Å²) in [6, 6.07) is 11.7. The van der Waals surface area contributed by atoms with E-state index in [1.165, 1.54) is 12.0 Å². The number of nitrogens with one attached hydrogen (secondary N) is 1. The van der Waals surface area contributed by atoms with Crippen molar-refractivity contribution in [2.75, 3.05) is 20.2 Å². The average Bonchev–Trinajstić information content (AvgIpc) is 3.66. The fourth-order valence-corrected chi connectivity index (χ4v) is 9.08. The molecule has 4 heterocycles. The zero-order chi connectivity index (χ0) is 38.7. The molecular formula is C42H53N5O6S. The van der Waals surface area contributed by atoms with E-state index in [-0.39, 0.29) is 23.7 Å². The van der Waals surface area contributed by atoms with Crippen molar-refractivity contribution in [3.05, 3.63) is 70.5 Å². The second kappa shape index (κ2) is 14.3. The second-order valence-corrected chi connectivity index (χ2v) is 18.8. The lowest BCUT2D eigenvalue weighted by Crippen LogP contribution is -2.48. The van der Waals surface area contributed by atoms with Crippen molar-refractivity contribution in [1.29, 1.82) is 0 Å². The Bertz CT molecular complexity index is 2240. The highest BCUT2D eigenvalue weighted by Crippen LogP contribution is 2.48. The molecule has 2 fully saturated rings. The SMILES string of the molecule is COc1ccc2c(c1)C=C(c1c(C(=O)N3C[C@@H](C)O[C@@H](C)C3)cnn1C(C)(C)C)Cn1c-2c(C2CCCCC2)c2ccc(C(=O)NS(=O)(=O)C(C)C)cc21. The van der Waals surface area contributed by atoms with Crippen molar-refractivity contribution in [3.8, 4) is 17.0 Å². The maximum Gasteiger partial charge on any atom is 0.264 e. The number of fused-ring (bicyclic) bond motifs is 5. The molecule has 2 aromatic carbocycles. The van der Waals surface area contributed by atoms with E-state index in [0.29, 0.717) is 31.1 Å². The molecule has 12 heteroatoms. The Kier molecular flexibility index (Phi) is 10.1. The van der Waals surface area contributed by atoms with E-state index in [1.54, 1.807) is 33.2 Å². The monoisotopic (exact) mass is 755 g/mol. The number of rotatable bonds is 7. The van der Waals surface area contributed by atoms with Gasteiger partial charge in [-0.05, 0) is 120 Å². The van der Waals surface area contributed by atoms with Gasteiger partial charge in [-0.3, -0.25) is 14.3 Å². The normalized spacial score (nSPS) is 19.6. The van der Waals surface area contributed by atoms with E-state index in [1.807, 2.05) is 47.7 Å². The van der Waals surface area contributed by atoms with Crippen LogP contribution in [-0.4, -0.2) is 77.1 Å². The number of methoxy groups -OCH3 is 1. The zero-order valence-electron chi connectivity index (χ0n) is 32.7. The standard InChI is InChI=1S/C42H53N5O6S/c1-25(2)54(50,51)44-40(48)29-14-16-34-36(20-29)46-24-31(18-30-19-32(52-8)15-17-33(30)39(46)37(34)28-12-10-9-11-13-28)38-35(21-43-47(38)42(5,6)7)41(49)45-22-26(3)53-27(4)23-45/h14-21,25-28H,9-13,22-24H2,1-8H3,(H,44,48)/t26-,27+. The molecule has 2 atom stereocenters. The molecule has 0 spiro atoms. The number of benzene rings is 2. The summed E-state index contributed by atoms with van der Waals surface area (Å²) >= 11 is 0. The van der Waals surface area contributed by atoms with Crippen molar-refractivity contribution in [1.82, 2.24) is 24.0 Å². The number of morpholine rings is 1. The molecule has 2 aliphatic heterocycles. The summed E-state index contributed by atoms with van der Waals surface area (Å²) in [6.45, 7) is 14.7. The Morgan fingerprint density at radius 1 is 0.981 bits per heavy atom. The molecule has 288 valence electrons. The summed E-state index contributed by atoms with van der Waals surface area (Å²) in [5, 5.41) is 5.15. The molecule has 3 aliphatic rings. The summed E-state index contributed by atoms with van der Waals surface area (Å²) < 4.78 is 43.8. The first kappa shape index (κ1) is 37.9. The van der Waals surface area contributed by atoms with Crippen LogP contribution in [0.25, 0.3) is 33.8 Å². The largest absolute Gasteiger partial charge is 0.497 e. The minimum Gasteiger partial charge on any atom is -0.497 e. The summed E-state index contributed by atoms with van der Waals surface area (Å²) in [4.78, 5) is 30.0. The summed E-state index contributed by atoms with van der Waals surface area (Å²) in [5.74, 6) is 0.264.